The van der Waals surface area contributed by atoms with Crippen molar-refractivity contribution in [1.29, 1.82) is 0 Å². The van der Waals surface area contributed by atoms with Gasteiger partial charge in [-0.25, -0.2) is 4.98 Å². The van der Waals surface area contributed by atoms with Crippen molar-refractivity contribution in [2.45, 2.75) is 19.3 Å². The number of anilines is 1. The van der Waals surface area contributed by atoms with Crippen molar-refractivity contribution in [3.05, 3.63) is 23.3 Å². The molecule has 3 amide bonds. The van der Waals surface area contributed by atoms with Gasteiger partial charge in [0.1, 0.15) is 5.69 Å². The molecule has 9 heteroatoms. The van der Waals surface area contributed by atoms with Gasteiger partial charge >= 0.3 is 0 Å². The normalized spacial score (nSPS) is 17.3. The molecule has 0 aromatic carbocycles. The summed E-state index contributed by atoms with van der Waals surface area (Å²) in [6, 6.07) is 1.62. The van der Waals surface area contributed by atoms with E-state index >= 15 is 0 Å². The summed E-state index contributed by atoms with van der Waals surface area (Å²) in [4.78, 5) is 41.4. The van der Waals surface area contributed by atoms with Gasteiger partial charge in [0, 0.05) is 36.5 Å². The highest BCUT2D eigenvalue weighted by atomic mass is 32.1. The summed E-state index contributed by atoms with van der Waals surface area (Å²) in [5.74, 6) is -0.462. The van der Waals surface area contributed by atoms with Crippen LogP contribution in [0.15, 0.2) is 17.6 Å². The highest BCUT2D eigenvalue weighted by Gasteiger charge is 2.21. The highest BCUT2D eigenvalue weighted by Crippen LogP contribution is 2.26. The molecule has 1 unspecified atom stereocenters. The summed E-state index contributed by atoms with van der Waals surface area (Å²) < 4.78 is 0. The Morgan fingerprint density at radius 3 is 2.96 bits per heavy atom. The largest absolute Gasteiger partial charge is 0.364 e. The molecule has 3 heterocycles. The maximum atomic E-state index is 12.1. The number of hydrogen-bond donors (Lipinski definition) is 4. The number of carbonyl (C=O) groups is 3. The zero-order valence-electron chi connectivity index (χ0n) is 12.8. The van der Waals surface area contributed by atoms with Gasteiger partial charge in [-0.05, 0) is 18.4 Å². The van der Waals surface area contributed by atoms with Gasteiger partial charge in [0.25, 0.3) is 5.91 Å². The number of rotatable bonds is 5. The lowest BCUT2D eigenvalue weighted by Gasteiger charge is -2.21. The number of thiazole rings is 1. The van der Waals surface area contributed by atoms with Crippen LogP contribution in [0.2, 0.25) is 0 Å². The molecule has 2 aromatic heterocycles. The Bertz CT molecular complexity index is 772. The number of H-pyrrole nitrogens is 1. The van der Waals surface area contributed by atoms with Crippen LogP contribution in [-0.2, 0) is 9.59 Å². The number of nitrogens with two attached hydrogens (primary N) is 1. The Hall–Kier alpha value is -2.68. The smallest absolute Gasteiger partial charge is 0.265 e. The molecule has 3 rings (SSSR count). The Morgan fingerprint density at radius 2 is 2.29 bits per heavy atom. The molecule has 24 heavy (non-hydrogen) atoms. The van der Waals surface area contributed by atoms with E-state index in [2.05, 4.69) is 20.6 Å². The molecule has 0 bridgehead atoms. The van der Waals surface area contributed by atoms with Crippen LogP contribution < -0.4 is 16.4 Å². The molecule has 0 saturated carbocycles. The van der Waals surface area contributed by atoms with Gasteiger partial charge in [0.05, 0.1) is 5.69 Å². The van der Waals surface area contributed by atoms with Crippen molar-refractivity contribution in [2.24, 2.45) is 11.7 Å². The Morgan fingerprint density at radius 1 is 1.46 bits per heavy atom. The number of piperidine rings is 1. The second-order valence-corrected chi connectivity index (χ2v) is 6.52. The first-order valence-electron chi connectivity index (χ1n) is 7.52. The standard InChI is InChI=1S/C15H17N5O3S/c16-14(23)10-4-9(6-17-10)11-7-24-15(19-11)20-13(22)3-8-1-2-12(21)18-5-8/h4,6-8,17H,1-3,5H2,(H2,16,23)(H,18,21)(H,19,20,22). The van der Waals surface area contributed by atoms with Crippen LogP contribution in [0.3, 0.4) is 0 Å². The molecule has 0 radical (unpaired) electrons. The Kier molecular flexibility index (Phi) is 4.61. The summed E-state index contributed by atoms with van der Waals surface area (Å²) in [5.41, 5.74) is 6.90. The lowest BCUT2D eigenvalue weighted by atomic mass is 9.95. The lowest BCUT2D eigenvalue weighted by Crippen LogP contribution is -2.36. The van der Waals surface area contributed by atoms with Gasteiger partial charge in [0.15, 0.2) is 5.13 Å². The SMILES string of the molecule is NC(=O)c1cc(-c2csc(NC(=O)CC3CCC(=O)NC3)n2)c[nH]1. The van der Waals surface area contributed by atoms with E-state index in [0.717, 1.165) is 12.0 Å². The fourth-order valence-electron chi connectivity index (χ4n) is 2.54. The fraction of sp³-hybridized carbons (Fsp3) is 0.333. The van der Waals surface area contributed by atoms with Gasteiger partial charge in [-0.15, -0.1) is 11.3 Å². The van der Waals surface area contributed by atoms with E-state index in [1.54, 1.807) is 17.6 Å². The monoisotopic (exact) mass is 347 g/mol. The quantitative estimate of drug-likeness (QED) is 0.645. The zero-order chi connectivity index (χ0) is 17.1. The second-order valence-electron chi connectivity index (χ2n) is 5.67. The molecule has 1 aliphatic heterocycles. The first-order valence-corrected chi connectivity index (χ1v) is 8.40. The third kappa shape index (κ3) is 3.80. The maximum Gasteiger partial charge on any atom is 0.265 e. The molecule has 1 atom stereocenters. The van der Waals surface area contributed by atoms with E-state index in [-0.39, 0.29) is 17.7 Å². The number of aromatic nitrogens is 2. The van der Waals surface area contributed by atoms with Crippen LogP contribution >= 0.6 is 11.3 Å². The molecule has 1 aliphatic rings. The van der Waals surface area contributed by atoms with Gasteiger partial charge in [-0.3, -0.25) is 14.4 Å². The number of amides is 3. The van der Waals surface area contributed by atoms with Crippen LogP contribution in [0.4, 0.5) is 5.13 Å². The van der Waals surface area contributed by atoms with Crippen molar-refractivity contribution in [3.8, 4) is 11.3 Å². The van der Waals surface area contributed by atoms with Crippen molar-refractivity contribution >= 4 is 34.2 Å². The molecular weight excluding hydrogens is 330 g/mol. The Balaban J connectivity index is 1.58. The van der Waals surface area contributed by atoms with E-state index in [4.69, 9.17) is 5.73 Å². The minimum absolute atomic E-state index is 0.0399. The summed E-state index contributed by atoms with van der Waals surface area (Å²) in [6.07, 6.45) is 3.19. The van der Waals surface area contributed by atoms with E-state index in [0.29, 0.717) is 35.9 Å². The Labute approximate surface area is 141 Å². The average Bonchev–Trinajstić information content (AvgIpc) is 3.18. The van der Waals surface area contributed by atoms with Crippen LogP contribution in [0.1, 0.15) is 29.8 Å². The van der Waals surface area contributed by atoms with Crippen LogP contribution in [-0.4, -0.2) is 34.2 Å². The van der Waals surface area contributed by atoms with E-state index < -0.39 is 5.91 Å². The number of nitrogens with one attached hydrogen (secondary N) is 3. The average molecular weight is 347 g/mol. The molecule has 2 aromatic rings. The minimum atomic E-state index is -0.537. The molecule has 1 saturated heterocycles. The van der Waals surface area contributed by atoms with Crippen LogP contribution in [0.25, 0.3) is 11.3 Å². The third-order valence-corrected chi connectivity index (χ3v) is 4.59. The lowest BCUT2D eigenvalue weighted by molar-refractivity contribution is -0.124. The first-order chi connectivity index (χ1) is 11.5. The third-order valence-electron chi connectivity index (χ3n) is 3.84. The van der Waals surface area contributed by atoms with Gasteiger partial charge in [-0.2, -0.15) is 0 Å². The molecule has 1 fully saturated rings. The van der Waals surface area contributed by atoms with Crippen LogP contribution in [0.5, 0.6) is 0 Å². The van der Waals surface area contributed by atoms with E-state index in [1.165, 1.54) is 11.3 Å². The highest BCUT2D eigenvalue weighted by molar-refractivity contribution is 7.14. The predicted molar refractivity (Wildman–Crippen MR) is 89.4 cm³/mol. The number of primary amides is 1. The topological polar surface area (TPSA) is 130 Å². The fourth-order valence-corrected chi connectivity index (χ4v) is 3.27. The summed E-state index contributed by atoms with van der Waals surface area (Å²) in [5, 5.41) is 7.83. The zero-order valence-corrected chi connectivity index (χ0v) is 13.6. The van der Waals surface area contributed by atoms with Crippen LogP contribution in [0, 0.1) is 5.92 Å². The van der Waals surface area contributed by atoms with Crippen molar-refractivity contribution in [2.75, 3.05) is 11.9 Å². The second kappa shape index (κ2) is 6.83. The molecule has 0 aliphatic carbocycles. The summed E-state index contributed by atoms with van der Waals surface area (Å²) >= 11 is 1.31. The number of nitrogens with zero attached hydrogens (tertiary/aromatic N) is 1. The first kappa shape index (κ1) is 16.2. The van der Waals surface area contributed by atoms with Crippen molar-refractivity contribution in [1.82, 2.24) is 15.3 Å². The van der Waals surface area contributed by atoms with Gasteiger partial charge in [-0.1, -0.05) is 0 Å². The predicted octanol–water partition coefficient (Wildman–Crippen LogP) is 1.09. The molecule has 8 nitrogen and oxygen atoms in total. The summed E-state index contributed by atoms with van der Waals surface area (Å²) in [6.45, 7) is 0.536. The number of carbonyl (C=O) groups excluding carboxylic acids is 3. The van der Waals surface area contributed by atoms with E-state index in [9.17, 15) is 14.4 Å². The van der Waals surface area contributed by atoms with Gasteiger partial charge in [0.2, 0.25) is 11.8 Å². The minimum Gasteiger partial charge on any atom is -0.364 e. The van der Waals surface area contributed by atoms with Crippen molar-refractivity contribution < 1.29 is 14.4 Å². The molecule has 0 spiro atoms. The van der Waals surface area contributed by atoms with E-state index in [1.807, 2.05) is 0 Å². The number of aromatic amines is 1. The molecule has 126 valence electrons. The van der Waals surface area contributed by atoms with Gasteiger partial charge < -0.3 is 21.4 Å². The molecule has 5 N–H and O–H groups in total. The number of hydrogen-bond acceptors (Lipinski definition) is 5. The van der Waals surface area contributed by atoms with Crippen molar-refractivity contribution in [3.63, 3.8) is 0 Å². The maximum absolute atomic E-state index is 12.1. The summed E-state index contributed by atoms with van der Waals surface area (Å²) in [7, 11) is 0. The molecular formula is C15H17N5O3S.